The van der Waals surface area contributed by atoms with Gasteiger partial charge in [-0.2, -0.15) is 0 Å². The van der Waals surface area contributed by atoms with Gasteiger partial charge in [0.2, 0.25) is 0 Å². The quantitative estimate of drug-likeness (QED) is 0.413. The number of imidazole rings is 1. The Bertz CT molecular complexity index is 1310. The molecule has 1 amide bonds. The van der Waals surface area contributed by atoms with Crippen molar-refractivity contribution in [3.8, 4) is 0 Å². The van der Waals surface area contributed by atoms with Crippen molar-refractivity contribution < 1.29 is 4.79 Å². The number of carbonyl (C=O) groups is 1. The van der Waals surface area contributed by atoms with E-state index in [4.69, 9.17) is 0 Å². The summed E-state index contributed by atoms with van der Waals surface area (Å²) in [6.07, 6.45) is 8.94. The van der Waals surface area contributed by atoms with Gasteiger partial charge in [0.25, 0.3) is 11.5 Å². The van der Waals surface area contributed by atoms with Crippen LogP contribution in [0.2, 0.25) is 0 Å². The number of fused-ring (bicyclic) bond motifs is 2. The predicted molar refractivity (Wildman–Crippen MR) is 126 cm³/mol. The molecule has 0 spiro atoms. The Labute approximate surface area is 187 Å². The van der Waals surface area contributed by atoms with Gasteiger partial charge in [0.15, 0.2) is 0 Å². The molecule has 0 saturated carbocycles. The van der Waals surface area contributed by atoms with E-state index >= 15 is 0 Å². The van der Waals surface area contributed by atoms with Crippen LogP contribution in [0.25, 0.3) is 16.6 Å². The summed E-state index contributed by atoms with van der Waals surface area (Å²) in [7, 11) is 1.81. The highest BCUT2D eigenvalue weighted by Gasteiger charge is 2.18. The average molecular weight is 432 g/mol. The van der Waals surface area contributed by atoms with Crippen LogP contribution in [-0.2, 0) is 6.54 Å². The Morgan fingerprint density at radius 1 is 1.16 bits per heavy atom. The number of aromatic nitrogens is 4. The summed E-state index contributed by atoms with van der Waals surface area (Å²) in [4.78, 5) is 36.7. The minimum absolute atomic E-state index is 0.0711. The second-order valence-corrected chi connectivity index (χ2v) is 8.70. The van der Waals surface area contributed by atoms with Crippen LogP contribution in [0.3, 0.4) is 0 Å². The number of amides is 1. The number of pyridine rings is 1. The summed E-state index contributed by atoms with van der Waals surface area (Å²) >= 11 is 0. The van der Waals surface area contributed by atoms with Gasteiger partial charge < -0.3 is 9.47 Å². The maximum absolute atomic E-state index is 13.2. The molecule has 0 N–H and O–H groups in total. The van der Waals surface area contributed by atoms with E-state index in [-0.39, 0.29) is 17.5 Å². The molecule has 1 atom stereocenters. The number of rotatable bonds is 7. The van der Waals surface area contributed by atoms with Crippen molar-refractivity contribution in [2.24, 2.45) is 0 Å². The lowest BCUT2D eigenvalue weighted by molar-refractivity contribution is 0.0734. The second-order valence-electron chi connectivity index (χ2n) is 8.70. The van der Waals surface area contributed by atoms with Crippen LogP contribution in [-0.4, -0.2) is 42.8 Å². The molecular weight excluding hydrogens is 402 g/mol. The number of hydrogen-bond donors (Lipinski definition) is 0. The Hall–Kier alpha value is -3.48. The standard InChI is InChI=1S/C25H29N5O2/c1-17(2)19-7-9-22-21(14-19)25(32)30-15-20(8-10-23(30)27-22)24(31)28(4)18(3)6-5-12-29-13-11-26-16-29/h7-11,13-18H,5-6,12H2,1-4H3. The molecule has 4 rings (SSSR count). The first kappa shape index (κ1) is 21.7. The monoisotopic (exact) mass is 431 g/mol. The van der Waals surface area contributed by atoms with E-state index < -0.39 is 0 Å². The SMILES string of the molecule is CC(C)c1ccc2nc3ccc(C(=O)N(C)C(C)CCCn4ccnc4)cn3c(=O)c2c1. The van der Waals surface area contributed by atoms with Crippen LogP contribution in [0.5, 0.6) is 0 Å². The number of hydrogen-bond acceptors (Lipinski definition) is 4. The fourth-order valence-electron chi connectivity index (χ4n) is 3.89. The van der Waals surface area contributed by atoms with Crippen LogP contribution in [0, 0.1) is 0 Å². The van der Waals surface area contributed by atoms with Crippen molar-refractivity contribution in [3.63, 3.8) is 0 Å². The van der Waals surface area contributed by atoms with Crippen molar-refractivity contribution in [2.75, 3.05) is 7.05 Å². The van der Waals surface area contributed by atoms with Crippen LogP contribution in [0.4, 0.5) is 0 Å². The van der Waals surface area contributed by atoms with Gasteiger partial charge in [-0.1, -0.05) is 19.9 Å². The number of benzene rings is 1. The minimum atomic E-state index is -0.154. The lowest BCUT2D eigenvalue weighted by atomic mass is 10.0. The zero-order chi connectivity index (χ0) is 22.8. The first-order valence-corrected chi connectivity index (χ1v) is 11.0. The fraction of sp³-hybridized carbons (Fsp3) is 0.360. The maximum Gasteiger partial charge on any atom is 0.265 e. The highest BCUT2D eigenvalue weighted by atomic mass is 16.2. The average Bonchev–Trinajstić information content (AvgIpc) is 3.31. The van der Waals surface area contributed by atoms with Crippen LogP contribution < -0.4 is 5.56 Å². The van der Waals surface area contributed by atoms with Gasteiger partial charge in [0.05, 0.1) is 22.8 Å². The van der Waals surface area contributed by atoms with E-state index in [0.29, 0.717) is 28.0 Å². The summed E-state index contributed by atoms with van der Waals surface area (Å²) < 4.78 is 3.52. The Morgan fingerprint density at radius 3 is 2.69 bits per heavy atom. The third kappa shape index (κ3) is 4.28. The lowest BCUT2D eigenvalue weighted by Crippen LogP contribution is -2.35. The van der Waals surface area contributed by atoms with E-state index in [1.165, 1.54) is 4.40 Å². The van der Waals surface area contributed by atoms with E-state index in [1.807, 2.05) is 42.9 Å². The zero-order valence-corrected chi connectivity index (χ0v) is 19.0. The molecule has 0 aliphatic rings. The summed E-state index contributed by atoms with van der Waals surface area (Å²) in [6, 6.07) is 9.36. The largest absolute Gasteiger partial charge is 0.339 e. The van der Waals surface area contributed by atoms with E-state index in [0.717, 1.165) is 24.9 Å². The molecule has 0 fully saturated rings. The van der Waals surface area contributed by atoms with Crippen molar-refractivity contribution in [3.05, 3.63) is 76.7 Å². The number of nitrogens with zero attached hydrogens (tertiary/aromatic N) is 5. The van der Waals surface area contributed by atoms with Gasteiger partial charge >= 0.3 is 0 Å². The summed E-state index contributed by atoms with van der Waals surface area (Å²) in [6.45, 7) is 7.10. The van der Waals surface area contributed by atoms with Crippen molar-refractivity contribution >= 4 is 22.5 Å². The molecule has 0 bridgehead atoms. The molecule has 7 heteroatoms. The Morgan fingerprint density at radius 2 is 1.97 bits per heavy atom. The fourth-order valence-corrected chi connectivity index (χ4v) is 3.89. The minimum Gasteiger partial charge on any atom is -0.339 e. The summed E-state index contributed by atoms with van der Waals surface area (Å²) in [5.41, 5.74) is 2.62. The molecule has 3 heterocycles. The molecule has 0 aliphatic carbocycles. The third-order valence-electron chi connectivity index (χ3n) is 6.12. The maximum atomic E-state index is 13.2. The molecule has 0 radical (unpaired) electrons. The Balaban J connectivity index is 1.57. The summed E-state index contributed by atoms with van der Waals surface area (Å²) in [5, 5.41) is 0.569. The van der Waals surface area contributed by atoms with Gasteiger partial charge in [-0.25, -0.2) is 9.97 Å². The number of aryl methyl sites for hydroxylation is 1. The van der Waals surface area contributed by atoms with Crippen molar-refractivity contribution in [1.29, 1.82) is 0 Å². The molecule has 1 unspecified atom stereocenters. The highest BCUT2D eigenvalue weighted by molar-refractivity contribution is 5.94. The molecule has 7 nitrogen and oxygen atoms in total. The second kappa shape index (κ2) is 8.94. The summed E-state index contributed by atoms with van der Waals surface area (Å²) in [5.74, 6) is 0.210. The first-order valence-electron chi connectivity index (χ1n) is 11.0. The molecule has 4 aromatic rings. The molecule has 166 valence electrons. The lowest BCUT2D eigenvalue weighted by Gasteiger charge is -2.25. The molecule has 0 aliphatic heterocycles. The molecule has 0 saturated heterocycles. The smallest absolute Gasteiger partial charge is 0.265 e. The van der Waals surface area contributed by atoms with Crippen LogP contribution >= 0.6 is 0 Å². The van der Waals surface area contributed by atoms with Gasteiger partial charge in [0.1, 0.15) is 5.65 Å². The van der Waals surface area contributed by atoms with E-state index in [9.17, 15) is 9.59 Å². The molecule has 32 heavy (non-hydrogen) atoms. The molecule has 1 aromatic carbocycles. The van der Waals surface area contributed by atoms with Crippen molar-refractivity contribution in [2.45, 2.75) is 52.1 Å². The van der Waals surface area contributed by atoms with E-state index in [1.54, 1.807) is 35.8 Å². The van der Waals surface area contributed by atoms with Gasteiger partial charge in [-0.05, 0) is 55.5 Å². The van der Waals surface area contributed by atoms with Crippen LogP contribution in [0.15, 0.2) is 60.0 Å². The molecular formula is C25H29N5O2. The predicted octanol–water partition coefficient (Wildman–Crippen LogP) is 4.11. The van der Waals surface area contributed by atoms with Crippen LogP contribution in [0.1, 0.15) is 55.5 Å². The third-order valence-corrected chi connectivity index (χ3v) is 6.12. The van der Waals surface area contributed by atoms with Gasteiger partial charge in [-0.15, -0.1) is 0 Å². The highest BCUT2D eigenvalue weighted by Crippen LogP contribution is 2.19. The van der Waals surface area contributed by atoms with Gasteiger partial charge in [0, 0.05) is 38.2 Å². The zero-order valence-electron chi connectivity index (χ0n) is 19.0. The normalized spacial score (nSPS) is 12.5. The Kier molecular flexibility index (Phi) is 6.08. The topological polar surface area (TPSA) is 72.5 Å². The molecule has 3 aromatic heterocycles. The van der Waals surface area contributed by atoms with Gasteiger partial charge in [-0.3, -0.25) is 14.0 Å². The van der Waals surface area contributed by atoms with Crippen molar-refractivity contribution in [1.82, 2.24) is 23.8 Å². The number of carbonyl (C=O) groups excluding carboxylic acids is 1. The first-order chi connectivity index (χ1) is 15.3. The van der Waals surface area contributed by atoms with E-state index in [2.05, 4.69) is 23.8 Å².